The third-order valence-electron chi connectivity index (χ3n) is 8.15. The van der Waals surface area contributed by atoms with E-state index in [-0.39, 0.29) is 18.7 Å². The zero-order valence-electron chi connectivity index (χ0n) is 23.6. The Labute approximate surface area is 243 Å². The Morgan fingerprint density at radius 1 is 1.12 bits per heavy atom. The topological polar surface area (TPSA) is 133 Å². The number of aromatic nitrogens is 3. The van der Waals surface area contributed by atoms with Gasteiger partial charge in [0, 0.05) is 30.1 Å². The maximum absolute atomic E-state index is 13.3. The highest BCUT2D eigenvalue weighted by Gasteiger charge is 2.37. The standard InChI is InChI=1S/C30H32N4O7S/c1-18-23-8-9-26-30(18)31-32-33(26)12-4-5-13-40-22-7-11-27-21(14-22)17-34(42(37,38)41-27)19(2)24-15-20(6-10-28(24)39-3)25(23)16-29(35)36/h6-11,14-15,19,25H,4-5,12-13,16-17H2,1-3H3,(H,35,36)/t19-,25-/m0/s1. The summed E-state index contributed by atoms with van der Waals surface area (Å²) < 4.78 is 47.0. The fourth-order valence-corrected chi connectivity index (χ4v) is 7.18. The van der Waals surface area contributed by atoms with E-state index < -0.39 is 28.2 Å². The Bertz CT molecular complexity index is 1790. The van der Waals surface area contributed by atoms with Crippen molar-refractivity contribution in [3.05, 3.63) is 76.3 Å². The van der Waals surface area contributed by atoms with Crippen LogP contribution in [0.2, 0.25) is 0 Å². The van der Waals surface area contributed by atoms with Crippen molar-refractivity contribution in [1.29, 1.82) is 0 Å². The van der Waals surface area contributed by atoms with Crippen molar-refractivity contribution in [1.82, 2.24) is 19.3 Å². The van der Waals surface area contributed by atoms with Crippen LogP contribution in [-0.4, -0.2) is 52.5 Å². The van der Waals surface area contributed by atoms with Gasteiger partial charge in [-0.1, -0.05) is 17.3 Å². The molecule has 4 aromatic rings. The van der Waals surface area contributed by atoms with Gasteiger partial charge in [-0.2, -0.15) is 12.7 Å². The molecule has 4 heterocycles. The van der Waals surface area contributed by atoms with E-state index in [0.717, 1.165) is 40.6 Å². The quantitative estimate of drug-likeness (QED) is 0.358. The highest BCUT2D eigenvalue weighted by atomic mass is 32.2. The van der Waals surface area contributed by atoms with Gasteiger partial charge in [0.15, 0.2) is 0 Å². The number of aryl methyl sites for hydroxylation is 2. The molecule has 0 aliphatic carbocycles. The van der Waals surface area contributed by atoms with Crippen LogP contribution in [0, 0.1) is 6.92 Å². The Morgan fingerprint density at radius 3 is 2.74 bits per heavy atom. The molecule has 42 heavy (non-hydrogen) atoms. The second kappa shape index (κ2) is 10.9. The van der Waals surface area contributed by atoms with Crippen molar-refractivity contribution in [3.8, 4) is 17.2 Å². The van der Waals surface area contributed by atoms with Crippen LogP contribution in [0.4, 0.5) is 0 Å². The molecular formula is C30H32N4O7S. The summed E-state index contributed by atoms with van der Waals surface area (Å²) in [6.07, 6.45) is 1.42. The van der Waals surface area contributed by atoms with Crippen molar-refractivity contribution in [2.45, 2.75) is 58.2 Å². The van der Waals surface area contributed by atoms with Gasteiger partial charge in [-0.3, -0.25) is 4.79 Å². The first-order valence-electron chi connectivity index (χ1n) is 13.9. The van der Waals surface area contributed by atoms with E-state index in [1.54, 1.807) is 25.1 Å². The van der Waals surface area contributed by atoms with Crippen LogP contribution in [0.1, 0.15) is 66.0 Å². The highest BCUT2D eigenvalue weighted by molar-refractivity contribution is 7.84. The zero-order valence-corrected chi connectivity index (χ0v) is 24.4. The fraction of sp³-hybridized carbons (Fsp3) is 0.367. The molecule has 0 fully saturated rings. The molecule has 1 unspecified atom stereocenters. The van der Waals surface area contributed by atoms with E-state index in [9.17, 15) is 18.3 Å². The maximum Gasteiger partial charge on any atom is 0.386 e. The van der Waals surface area contributed by atoms with Gasteiger partial charge < -0.3 is 18.8 Å². The van der Waals surface area contributed by atoms with Crippen LogP contribution in [0.3, 0.4) is 0 Å². The number of carboxylic acid groups (broad SMARTS) is 1. The summed E-state index contributed by atoms with van der Waals surface area (Å²) in [6, 6.07) is 13.7. The van der Waals surface area contributed by atoms with Crippen LogP contribution in [-0.2, 0) is 28.2 Å². The Kier molecular flexibility index (Phi) is 7.27. The maximum atomic E-state index is 13.3. The minimum Gasteiger partial charge on any atom is -0.496 e. The first-order valence-corrected chi connectivity index (χ1v) is 15.2. The molecule has 3 atom stereocenters. The predicted molar refractivity (Wildman–Crippen MR) is 154 cm³/mol. The molecule has 0 saturated heterocycles. The minimum atomic E-state index is -4.14. The summed E-state index contributed by atoms with van der Waals surface area (Å²) in [6.45, 7) is 4.91. The molecule has 3 aliphatic heterocycles. The molecule has 12 heteroatoms. The number of carboxylic acids is 1. The summed E-state index contributed by atoms with van der Waals surface area (Å²) >= 11 is 0. The van der Waals surface area contributed by atoms with Crippen molar-refractivity contribution in [3.63, 3.8) is 0 Å². The van der Waals surface area contributed by atoms with Crippen molar-refractivity contribution >= 4 is 27.3 Å². The highest BCUT2D eigenvalue weighted by Crippen LogP contribution is 2.41. The Balaban J connectivity index is 1.52. The summed E-state index contributed by atoms with van der Waals surface area (Å²) in [4.78, 5) is 12.1. The summed E-state index contributed by atoms with van der Waals surface area (Å²) in [7, 11) is -2.62. The molecule has 1 aromatic heterocycles. The van der Waals surface area contributed by atoms with Crippen LogP contribution in [0.15, 0.2) is 48.5 Å². The monoisotopic (exact) mass is 592 g/mol. The number of ether oxygens (including phenoxy) is 2. The number of benzene rings is 3. The Hall–Kier alpha value is -4.16. The third-order valence-corrected chi connectivity index (χ3v) is 9.56. The van der Waals surface area contributed by atoms with E-state index in [4.69, 9.17) is 13.7 Å². The Morgan fingerprint density at radius 2 is 1.95 bits per heavy atom. The zero-order chi connectivity index (χ0) is 29.6. The van der Waals surface area contributed by atoms with Crippen LogP contribution in [0.5, 0.6) is 17.2 Å². The summed E-state index contributed by atoms with van der Waals surface area (Å²) in [5.74, 6) is -0.0949. The van der Waals surface area contributed by atoms with Gasteiger partial charge in [0.05, 0.1) is 31.7 Å². The molecule has 0 saturated carbocycles. The van der Waals surface area contributed by atoms with Gasteiger partial charge in [0.25, 0.3) is 0 Å². The molecule has 11 nitrogen and oxygen atoms in total. The lowest BCUT2D eigenvalue weighted by Gasteiger charge is -2.33. The minimum absolute atomic E-state index is 0.0733. The third kappa shape index (κ3) is 5.05. The number of hydrogen-bond donors (Lipinski definition) is 1. The second-order valence-electron chi connectivity index (χ2n) is 10.7. The molecule has 0 amide bonds. The van der Waals surface area contributed by atoms with Gasteiger partial charge in [0.1, 0.15) is 22.8 Å². The number of rotatable bonds is 3. The molecular weight excluding hydrogens is 560 g/mol. The molecule has 220 valence electrons. The van der Waals surface area contributed by atoms with Crippen LogP contribution >= 0.6 is 0 Å². The number of hydrogen-bond acceptors (Lipinski definition) is 8. The van der Waals surface area contributed by atoms with Gasteiger partial charge in [-0.25, -0.2) is 4.68 Å². The number of fused-ring (bicyclic) bond motifs is 5. The first kappa shape index (κ1) is 28.0. The van der Waals surface area contributed by atoms with Crippen molar-refractivity contribution < 1.29 is 32.0 Å². The van der Waals surface area contributed by atoms with Crippen molar-refractivity contribution in [2.24, 2.45) is 0 Å². The molecule has 1 N–H and O–H groups in total. The number of methoxy groups -OCH3 is 1. The van der Waals surface area contributed by atoms with E-state index in [1.165, 1.54) is 11.4 Å². The second-order valence-corrected chi connectivity index (χ2v) is 12.2. The van der Waals surface area contributed by atoms with Crippen molar-refractivity contribution in [2.75, 3.05) is 13.7 Å². The number of nitrogens with zero attached hydrogens (tertiary/aromatic N) is 4. The molecule has 0 radical (unpaired) electrons. The SMILES string of the molecule is COc1ccc2cc1[C@H](C)N1Cc3cc(ccc3OS1(=O)=O)OCCCCn1nnc3c(C)c(ccc31)[C@H]2CC(=O)O. The molecule has 3 aromatic carbocycles. The lowest BCUT2D eigenvalue weighted by atomic mass is 9.84. The first-order chi connectivity index (χ1) is 20.2. The smallest absolute Gasteiger partial charge is 0.386 e. The molecule has 0 spiro atoms. The average molecular weight is 593 g/mol. The lowest BCUT2D eigenvalue weighted by molar-refractivity contribution is -0.137. The normalized spacial score (nSPS) is 21.5. The van der Waals surface area contributed by atoms with Gasteiger partial charge in [0.2, 0.25) is 0 Å². The van der Waals surface area contributed by atoms with E-state index in [0.29, 0.717) is 35.8 Å². The van der Waals surface area contributed by atoms with E-state index in [1.807, 2.05) is 41.9 Å². The van der Waals surface area contributed by atoms with Gasteiger partial charge >= 0.3 is 16.3 Å². The van der Waals surface area contributed by atoms with Gasteiger partial charge in [-0.15, -0.1) is 5.10 Å². The predicted octanol–water partition coefficient (Wildman–Crippen LogP) is 4.73. The van der Waals surface area contributed by atoms with E-state index in [2.05, 4.69) is 10.3 Å². The number of aliphatic carboxylic acids is 1. The van der Waals surface area contributed by atoms with Crippen LogP contribution < -0.4 is 13.7 Å². The van der Waals surface area contributed by atoms with Crippen LogP contribution in [0.25, 0.3) is 11.0 Å². The average Bonchev–Trinajstić information content (AvgIpc) is 3.38. The fourth-order valence-electron chi connectivity index (χ4n) is 5.90. The largest absolute Gasteiger partial charge is 0.496 e. The lowest BCUT2D eigenvalue weighted by Crippen LogP contribution is -2.39. The molecule has 7 rings (SSSR count). The number of carbonyl (C=O) groups is 1. The molecule has 3 aliphatic rings. The summed E-state index contributed by atoms with van der Waals surface area (Å²) in [5, 5.41) is 18.7. The van der Waals surface area contributed by atoms with E-state index >= 15 is 0 Å². The summed E-state index contributed by atoms with van der Waals surface area (Å²) in [5.41, 5.74) is 5.27. The molecule has 9 bridgehead atoms. The van der Waals surface area contributed by atoms with Gasteiger partial charge in [-0.05, 0) is 79.8 Å².